The minimum atomic E-state index is 0.428. The number of rotatable bonds is 0. The first-order chi connectivity index (χ1) is 4.29. The molecule has 1 aliphatic rings. The highest BCUT2D eigenvalue weighted by Gasteiger charge is 2.10. The Hall–Kier alpha value is -0.0800. The molecule has 0 saturated carbocycles. The maximum Gasteiger partial charge on any atom is 0.0167 e. The van der Waals surface area contributed by atoms with E-state index in [0.29, 0.717) is 6.04 Å². The van der Waals surface area contributed by atoms with Gasteiger partial charge in [-0.3, -0.25) is 0 Å². The van der Waals surface area contributed by atoms with Crippen LogP contribution in [-0.4, -0.2) is 31.1 Å². The lowest BCUT2D eigenvalue weighted by atomic mass is 10.2. The topological polar surface area (TPSA) is 29.3 Å². The van der Waals surface area contributed by atoms with Gasteiger partial charge in [-0.25, -0.2) is 0 Å². The Labute approximate surface area is 57.0 Å². The van der Waals surface area contributed by atoms with Gasteiger partial charge < -0.3 is 10.6 Å². The summed E-state index contributed by atoms with van der Waals surface area (Å²) >= 11 is 0. The van der Waals surface area contributed by atoms with Gasteiger partial charge in [0, 0.05) is 12.6 Å². The van der Waals surface area contributed by atoms with Crippen molar-refractivity contribution in [1.29, 1.82) is 0 Å². The molecule has 9 heavy (non-hydrogen) atoms. The number of hydrogen-bond acceptors (Lipinski definition) is 2. The van der Waals surface area contributed by atoms with Gasteiger partial charge >= 0.3 is 0 Å². The average molecular weight is 128 g/mol. The van der Waals surface area contributed by atoms with E-state index in [-0.39, 0.29) is 0 Å². The lowest BCUT2D eigenvalue weighted by Crippen LogP contribution is -2.33. The molecule has 1 fully saturated rings. The van der Waals surface area contributed by atoms with Gasteiger partial charge in [0.25, 0.3) is 0 Å². The third kappa shape index (κ3) is 2.33. The first-order valence-corrected chi connectivity index (χ1v) is 3.73. The summed E-state index contributed by atoms with van der Waals surface area (Å²) < 4.78 is 0. The molecule has 54 valence electrons. The van der Waals surface area contributed by atoms with Gasteiger partial charge in [0.05, 0.1) is 0 Å². The Morgan fingerprint density at radius 2 is 2.22 bits per heavy atom. The van der Waals surface area contributed by atoms with Crippen molar-refractivity contribution < 1.29 is 0 Å². The number of nitrogens with two attached hydrogens (primary N) is 1. The number of likely N-dealkylation sites (tertiary alicyclic amines) is 1. The fourth-order valence-corrected chi connectivity index (χ4v) is 1.37. The molecule has 0 amide bonds. The lowest BCUT2D eigenvalue weighted by Gasteiger charge is -2.15. The summed E-state index contributed by atoms with van der Waals surface area (Å²) in [5, 5.41) is 0. The van der Waals surface area contributed by atoms with E-state index in [9.17, 15) is 0 Å². The summed E-state index contributed by atoms with van der Waals surface area (Å²) in [6.07, 6.45) is 3.85. The summed E-state index contributed by atoms with van der Waals surface area (Å²) in [5.74, 6) is 0. The predicted molar refractivity (Wildman–Crippen MR) is 39.3 cm³/mol. The van der Waals surface area contributed by atoms with Crippen LogP contribution in [0.25, 0.3) is 0 Å². The molecule has 1 aliphatic heterocycles. The van der Waals surface area contributed by atoms with Crippen LogP contribution >= 0.6 is 0 Å². The fraction of sp³-hybridized carbons (Fsp3) is 1.00. The van der Waals surface area contributed by atoms with Crippen molar-refractivity contribution in [2.45, 2.75) is 25.3 Å². The smallest absolute Gasteiger partial charge is 0.0167 e. The van der Waals surface area contributed by atoms with Crippen LogP contribution in [0, 0.1) is 0 Å². The molecule has 0 aromatic heterocycles. The Kier molecular flexibility index (Phi) is 2.49. The van der Waals surface area contributed by atoms with E-state index in [2.05, 4.69) is 11.9 Å². The zero-order chi connectivity index (χ0) is 6.69. The Morgan fingerprint density at radius 1 is 1.44 bits per heavy atom. The van der Waals surface area contributed by atoms with E-state index < -0.39 is 0 Å². The molecule has 0 bridgehead atoms. The summed E-state index contributed by atoms with van der Waals surface area (Å²) in [6, 6.07) is 0.428. The molecule has 0 aromatic rings. The molecule has 1 rings (SSSR count). The monoisotopic (exact) mass is 128 g/mol. The molecule has 0 spiro atoms. The van der Waals surface area contributed by atoms with Crippen LogP contribution in [0.2, 0.25) is 0 Å². The fourth-order valence-electron chi connectivity index (χ4n) is 1.37. The molecule has 2 nitrogen and oxygen atoms in total. The van der Waals surface area contributed by atoms with Gasteiger partial charge in [-0.1, -0.05) is 6.42 Å². The van der Waals surface area contributed by atoms with Gasteiger partial charge in [0.15, 0.2) is 0 Å². The van der Waals surface area contributed by atoms with Gasteiger partial charge in [-0.05, 0) is 26.4 Å². The van der Waals surface area contributed by atoms with Crippen molar-refractivity contribution in [1.82, 2.24) is 4.90 Å². The highest BCUT2D eigenvalue weighted by molar-refractivity contribution is 4.69. The summed E-state index contributed by atoms with van der Waals surface area (Å²) in [4.78, 5) is 2.32. The molecule has 0 aliphatic carbocycles. The SMILES string of the molecule is CN1CCCC[C@H](N)C1. The Bertz CT molecular complexity index is 73.0. The minimum absolute atomic E-state index is 0.428. The van der Waals surface area contributed by atoms with Crippen molar-refractivity contribution in [3.05, 3.63) is 0 Å². The first-order valence-electron chi connectivity index (χ1n) is 3.73. The van der Waals surface area contributed by atoms with Crippen molar-refractivity contribution in [3.63, 3.8) is 0 Å². The standard InChI is InChI=1S/C7H16N2/c1-9-5-3-2-4-7(8)6-9/h7H,2-6,8H2,1H3/t7-/m0/s1. The van der Waals surface area contributed by atoms with E-state index in [0.717, 1.165) is 6.54 Å². The number of hydrogen-bond donors (Lipinski definition) is 1. The quantitative estimate of drug-likeness (QED) is 0.512. The molecular weight excluding hydrogens is 112 g/mol. The largest absolute Gasteiger partial charge is 0.327 e. The zero-order valence-corrected chi connectivity index (χ0v) is 6.14. The molecule has 2 N–H and O–H groups in total. The van der Waals surface area contributed by atoms with Crippen LogP contribution in [0.5, 0.6) is 0 Å². The van der Waals surface area contributed by atoms with Crippen LogP contribution in [0.15, 0.2) is 0 Å². The van der Waals surface area contributed by atoms with E-state index >= 15 is 0 Å². The van der Waals surface area contributed by atoms with Crippen molar-refractivity contribution in [3.8, 4) is 0 Å². The molecule has 1 saturated heterocycles. The molecule has 1 atom stereocenters. The maximum absolute atomic E-state index is 5.78. The van der Waals surface area contributed by atoms with E-state index in [4.69, 9.17) is 5.73 Å². The number of nitrogens with zero attached hydrogens (tertiary/aromatic N) is 1. The second-order valence-electron chi connectivity index (χ2n) is 3.02. The maximum atomic E-state index is 5.78. The van der Waals surface area contributed by atoms with Crippen LogP contribution < -0.4 is 5.73 Å². The van der Waals surface area contributed by atoms with E-state index in [1.54, 1.807) is 0 Å². The second-order valence-corrected chi connectivity index (χ2v) is 3.02. The van der Waals surface area contributed by atoms with Crippen molar-refractivity contribution in [2.75, 3.05) is 20.1 Å². The molecule has 1 heterocycles. The molecule has 0 unspecified atom stereocenters. The zero-order valence-electron chi connectivity index (χ0n) is 6.14. The van der Waals surface area contributed by atoms with Gasteiger partial charge in [0.1, 0.15) is 0 Å². The third-order valence-electron chi connectivity index (χ3n) is 1.91. The predicted octanol–water partition coefficient (Wildman–Crippen LogP) is 0.429. The Balaban J connectivity index is 2.29. The lowest BCUT2D eigenvalue weighted by molar-refractivity contribution is 0.333. The summed E-state index contributed by atoms with van der Waals surface area (Å²) in [7, 11) is 2.14. The van der Waals surface area contributed by atoms with Crippen LogP contribution in [0.3, 0.4) is 0 Å². The second kappa shape index (κ2) is 3.18. The van der Waals surface area contributed by atoms with Crippen LogP contribution in [0.4, 0.5) is 0 Å². The number of likely N-dealkylation sites (N-methyl/N-ethyl adjacent to an activating group) is 1. The van der Waals surface area contributed by atoms with Gasteiger partial charge in [0.2, 0.25) is 0 Å². The van der Waals surface area contributed by atoms with Crippen LogP contribution in [0.1, 0.15) is 19.3 Å². The highest BCUT2D eigenvalue weighted by Crippen LogP contribution is 2.06. The summed E-state index contributed by atoms with van der Waals surface area (Å²) in [6.45, 7) is 2.31. The first kappa shape index (κ1) is 7.03. The van der Waals surface area contributed by atoms with Crippen molar-refractivity contribution >= 4 is 0 Å². The highest BCUT2D eigenvalue weighted by atomic mass is 15.1. The molecule has 0 radical (unpaired) electrons. The summed E-state index contributed by atoms with van der Waals surface area (Å²) in [5.41, 5.74) is 5.78. The van der Waals surface area contributed by atoms with E-state index in [1.165, 1.54) is 25.8 Å². The normalized spacial score (nSPS) is 32.0. The van der Waals surface area contributed by atoms with Crippen LogP contribution in [-0.2, 0) is 0 Å². The van der Waals surface area contributed by atoms with Gasteiger partial charge in [-0.15, -0.1) is 0 Å². The molecule has 2 heteroatoms. The van der Waals surface area contributed by atoms with Crippen molar-refractivity contribution in [2.24, 2.45) is 5.73 Å². The molecular formula is C7H16N2. The Morgan fingerprint density at radius 3 is 3.00 bits per heavy atom. The van der Waals surface area contributed by atoms with Gasteiger partial charge in [-0.2, -0.15) is 0 Å². The minimum Gasteiger partial charge on any atom is -0.327 e. The average Bonchev–Trinajstić information content (AvgIpc) is 1.93. The molecule has 0 aromatic carbocycles. The third-order valence-corrected chi connectivity index (χ3v) is 1.91. The van der Waals surface area contributed by atoms with E-state index in [1.807, 2.05) is 0 Å².